The highest BCUT2D eigenvalue weighted by atomic mass is 32.2. The molecule has 0 spiro atoms. The number of hydrogen-bond acceptors (Lipinski definition) is 8. The lowest BCUT2D eigenvalue weighted by Gasteiger charge is -2.36. The number of hydrogen-bond donors (Lipinski definition) is 3. The molecule has 41 heavy (non-hydrogen) atoms. The number of likely N-dealkylation sites (N-methyl/N-ethyl adjacent to an activating group) is 1. The highest BCUT2D eigenvalue weighted by Gasteiger charge is 2.48. The second-order valence-electron chi connectivity index (χ2n) is 11.0. The molecule has 3 aromatic rings. The number of rotatable bonds is 9. The number of sulfonamides is 1. The highest BCUT2D eigenvalue weighted by Crippen LogP contribution is 2.39. The first-order valence-electron chi connectivity index (χ1n) is 14.0. The van der Waals surface area contributed by atoms with Gasteiger partial charge in [-0.25, -0.2) is 22.6 Å². The van der Waals surface area contributed by atoms with Crippen molar-refractivity contribution in [3.8, 4) is 0 Å². The van der Waals surface area contributed by atoms with Crippen LogP contribution in [-0.2, 0) is 31.6 Å². The number of aromatic nitrogens is 3. The maximum atomic E-state index is 14.3. The fraction of sp³-hybridized carbons (Fsp3) is 0.500. The summed E-state index contributed by atoms with van der Waals surface area (Å²) in [5, 5.41) is 7.63. The van der Waals surface area contributed by atoms with Gasteiger partial charge in [-0.05, 0) is 51.2 Å². The highest BCUT2D eigenvalue weighted by molar-refractivity contribution is 7.89. The molecule has 3 atom stereocenters. The molecule has 3 heterocycles. The van der Waals surface area contributed by atoms with Gasteiger partial charge in [-0.1, -0.05) is 24.3 Å². The number of nitrogens with one attached hydrogen (secondary N) is 2. The van der Waals surface area contributed by atoms with E-state index in [0.717, 1.165) is 42.0 Å². The summed E-state index contributed by atoms with van der Waals surface area (Å²) in [4.78, 5) is 35.9. The van der Waals surface area contributed by atoms with Crippen molar-refractivity contribution >= 4 is 33.3 Å². The van der Waals surface area contributed by atoms with Crippen LogP contribution in [0.15, 0.2) is 36.5 Å². The normalized spacial score (nSPS) is 21.2. The molecule has 1 unspecified atom stereocenters. The van der Waals surface area contributed by atoms with Crippen molar-refractivity contribution in [2.75, 3.05) is 37.3 Å². The van der Waals surface area contributed by atoms with E-state index in [1.165, 1.54) is 6.92 Å². The number of fused-ring (bicyclic) bond motifs is 2. The van der Waals surface area contributed by atoms with Gasteiger partial charge in [0.1, 0.15) is 11.4 Å². The van der Waals surface area contributed by atoms with Crippen LogP contribution >= 0.6 is 0 Å². The molecule has 1 saturated heterocycles. The van der Waals surface area contributed by atoms with Gasteiger partial charge >= 0.3 is 0 Å². The molecule has 1 fully saturated rings. The van der Waals surface area contributed by atoms with E-state index in [-0.39, 0.29) is 17.7 Å². The number of benzene rings is 1. The number of nitrogens with two attached hydrogens (primary N) is 1. The molecule has 2 aliphatic rings. The molecule has 0 bridgehead atoms. The number of aryl methyl sites for hydroxylation is 2. The van der Waals surface area contributed by atoms with E-state index in [1.807, 2.05) is 50.4 Å². The van der Waals surface area contributed by atoms with Crippen LogP contribution in [0.3, 0.4) is 0 Å². The lowest BCUT2D eigenvalue weighted by Crippen LogP contribution is -2.57. The summed E-state index contributed by atoms with van der Waals surface area (Å²) in [6.07, 6.45) is 3.83. The summed E-state index contributed by atoms with van der Waals surface area (Å²) in [6.45, 7) is 6.54. The molecule has 4 N–H and O–H groups in total. The fourth-order valence-electron chi connectivity index (χ4n) is 5.78. The predicted molar refractivity (Wildman–Crippen MR) is 156 cm³/mol. The number of carbonyl (C=O) groups excluding carboxylic acids is 2. The Bertz CT molecular complexity index is 1590. The third-order valence-corrected chi connectivity index (χ3v) is 9.62. The predicted octanol–water partition coefficient (Wildman–Crippen LogP) is 0.992. The van der Waals surface area contributed by atoms with Crippen LogP contribution in [0.2, 0.25) is 0 Å². The Balaban J connectivity index is 1.42. The maximum Gasteiger partial charge on any atom is 0.253 e. The van der Waals surface area contributed by atoms with Gasteiger partial charge in [-0.3, -0.25) is 9.59 Å². The quantitative estimate of drug-likeness (QED) is 0.337. The van der Waals surface area contributed by atoms with E-state index < -0.39 is 34.1 Å². The van der Waals surface area contributed by atoms with Gasteiger partial charge in [0.15, 0.2) is 5.65 Å². The zero-order valence-corrected chi connectivity index (χ0v) is 24.7. The van der Waals surface area contributed by atoms with E-state index >= 15 is 0 Å². The second kappa shape index (κ2) is 11.0. The van der Waals surface area contributed by atoms with E-state index in [1.54, 1.807) is 16.5 Å². The zero-order chi connectivity index (χ0) is 29.5. The molecule has 13 heteroatoms. The van der Waals surface area contributed by atoms with E-state index in [9.17, 15) is 18.0 Å². The number of nitrogens with zero attached hydrogens (tertiary/aromatic N) is 5. The molecule has 12 nitrogen and oxygen atoms in total. The van der Waals surface area contributed by atoms with Crippen molar-refractivity contribution in [2.24, 2.45) is 5.73 Å². The Kier molecular flexibility index (Phi) is 7.79. The average Bonchev–Trinajstić information content (AvgIpc) is 3.67. The third kappa shape index (κ3) is 5.53. The Morgan fingerprint density at radius 1 is 1.29 bits per heavy atom. The molecule has 1 aliphatic heterocycles. The first-order valence-corrected chi connectivity index (χ1v) is 15.6. The Morgan fingerprint density at radius 2 is 2.05 bits per heavy atom. The third-order valence-electron chi connectivity index (χ3n) is 8.27. The molecule has 5 rings (SSSR count). The molecule has 0 saturated carbocycles. The first kappa shape index (κ1) is 29.0. The van der Waals surface area contributed by atoms with Crippen LogP contribution in [0.5, 0.6) is 0 Å². The largest absolute Gasteiger partial charge is 0.355 e. The van der Waals surface area contributed by atoms with Gasteiger partial charge < -0.3 is 20.9 Å². The van der Waals surface area contributed by atoms with Gasteiger partial charge in [0.05, 0.1) is 24.0 Å². The SMILES string of the molecule is CCS(=O)(=O)NCC(=O)NC1(C(=O)N(C)[C@@H](C)c2cc3nc(N4CC[C@H](N)C4)c(C)cn3n2)CCc2ccccc21. The van der Waals surface area contributed by atoms with Crippen molar-refractivity contribution in [3.05, 3.63) is 58.9 Å². The monoisotopic (exact) mass is 582 g/mol. The zero-order valence-electron chi connectivity index (χ0n) is 23.9. The summed E-state index contributed by atoms with van der Waals surface area (Å²) in [5.74, 6) is -0.130. The van der Waals surface area contributed by atoms with E-state index in [4.69, 9.17) is 15.8 Å². The van der Waals surface area contributed by atoms with Crippen LogP contribution in [0, 0.1) is 6.92 Å². The van der Waals surface area contributed by atoms with Crippen LogP contribution < -0.4 is 20.7 Å². The van der Waals surface area contributed by atoms with Gasteiger partial charge in [-0.2, -0.15) is 5.10 Å². The minimum Gasteiger partial charge on any atom is -0.355 e. The maximum absolute atomic E-state index is 14.3. The van der Waals surface area contributed by atoms with Crippen LogP contribution in [0.25, 0.3) is 5.65 Å². The molecule has 1 aromatic carbocycles. The Labute approximate surface area is 240 Å². The van der Waals surface area contributed by atoms with Gasteiger partial charge in [0.25, 0.3) is 5.91 Å². The minimum absolute atomic E-state index is 0.132. The van der Waals surface area contributed by atoms with E-state index in [0.29, 0.717) is 24.2 Å². The number of anilines is 1. The topological polar surface area (TPSA) is 155 Å². The summed E-state index contributed by atoms with van der Waals surface area (Å²) in [5.41, 5.74) is 8.79. The minimum atomic E-state index is -3.57. The Hall–Kier alpha value is -3.55. The lowest BCUT2D eigenvalue weighted by atomic mass is 9.89. The van der Waals surface area contributed by atoms with Gasteiger partial charge in [0, 0.05) is 44.0 Å². The summed E-state index contributed by atoms with van der Waals surface area (Å²) < 4.78 is 27.9. The molecular weight excluding hydrogens is 544 g/mol. The van der Waals surface area contributed by atoms with Crippen molar-refractivity contribution in [1.29, 1.82) is 0 Å². The molecule has 2 aromatic heterocycles. The first-order chi connectivity index (χ1) is 19.4. The van der Waals surface area contributed by atoms with Gasteiger partial charge in [-0.15, -0.1) is 0 Å². The number of amides is 2. The average molecular weight is 583 g/mol. The van der Waals surface area contributed by atoms with Crippen molar-refractivity contribution in [3.63, 3.8) is 0 Å². The van der Waals surface area contributed by atoms with Crippen LogP contribution in [0.4, 0.5) is 5.82 Å². The van der Waals surface area contributed by atoms with Gasteiger partial charge in [0.2, 0.25) is 15.9 Å². The summed E-state index contributed by atoms with van der Waals surface area (Å²) >= 11 is 0. The molecule has 2 amide bonds. The Morgan fingerprint density at radius 3 is 2.76 bits per heavy atom. The standard InChI is InChI=1S/C28H38N8O4S/c1-5-41(39,40)30-15-25(37)32-28(12-10-20-8-6-7-9-22(20)28)27(38)34(4)19(3)23-14-24-31-26(18(2)16-36(24)33-23)35-13-11-21(29)17-35/h6-9,14,16,19,21,30H,5,10-13,15,17,29H2,1-4H3,(H,32,37)/t19-,21-,28?/m0/s1. The smallest absolute Gasteiger partial charge is 0.253 e. The molecule has 220 valence electrons. The van der Waals surface area contributed by atoms with Crippen molar-refractivity contribution in [2.45, 2.75) is 57.7 Å². The van der Waals surface area contributed by atoms with E-state index in [2.05, 4.69) is 14.9 Å². The fourth-order valence-corrected chi connectivity index (χ4v) is 6.33. The summed E-state index contributed by atoms with van der Waals surface area (Å²) in [7, 11) is -1.88. The second-order valence-corrected chi connectivity index (χ2v) is 13.1. The van der Waals surface area contributed by atoms with Crippen molar-refractivity contribution < 1.29 is 18.0 Å². The molecular formula is C28H38N8O4S. The summed E-state index contributed by atoms with van der Waals surface area (Å²) in [6, 6.07) is 9.10. The molecule has 1 aliphatic carbocycles. The van der Waals surface area contributed by atoms with Crippen LogP contribution in [-0.4, -0.2) is 78.2 Å². The lowest BCUT2D eigenvalue weighted by molar-refractivity contribution is -0.142. The van der Waals surface area contributed by atoms with Crippen LogP contribution in [0.1, 0.15) is 55.1 Å². The molecule has 0 radical (unpaired) electrons. The van der Waals surface area contributed by atoms with Crippen molar-refractivity contribution in [1.82, 2.24) is 29.5 Å². The number of carbonyl (C=O) groups is 2.